The van der Waals surface area contributed by atoms with Crippen LogP contribution < -0.4 is 16.6 Å². The van der Waals surface area contributed by atoms with E-state index in [9.17, 15) is 14.3 Å². The second-order valence-corrected chi connectivity index (χ2v) is 8.54. The Hall–Kier alpha value is -4.50. The molecule has 10 heteroatoms. The van der Waals surface area contributed by atoms with Crippen molar-refractivity contribution in [2.75, 3.05) is 11.1 Å². The van der Waals surface area contributed by atoms with Gasteiger partial charge in [0.2, 0.25) is 5.95 Å². The number of nitrogens with two attached hydrogens (primary N) is 1. The summed E-state index contributed by atoms with van der Waals surface area (Å²) in [6.07, 6.45) is 1.43. The SMILES string of the molecule is C[C@H](Nc1nc(N)ncc1-c1cc(O)cc(F)c1)c1nc2cccc(Cl)c2c(=O)n1-c1ccccc1. The van der Waals surface area contributed by atoms with E-state index in [1.165, 1.54) is 22.9 Å². The molecule has 36 heavy (non-hydrogen) atoms. The van der Waals surface area contributed by atoms with Crippen molar-refractivity contribution in [2.45, 2.75) is 13.0 Å². The van der Waals surface area contributed by atoms with Crippen molar-refractivity contribution < 1.29 is 9.50 Å². The zero-order valence-corrected chi connectivity index (χ0v) is 19.7. The molecule has 0 aliphatic carbocycles. The normalized spacial score (nSPS) is 12.0. The van der Waals surface area contributed by atoms with Gasteiger partial charge in [-0.3, -0.25) is 9.36 Å². The molecule has 180 valence electrons. The Morgan fingerprint density at radius 3 is 2.61 bits per heavy atom. The molecular formula is C26H20ClFN6O2. The first-order chi connectivity index (χ1) is 17.3. The first kappa shape index (κ1) is 23.3. The van der Waals surface area contributed by atoms with Crippen molar-refractivity contribution in [3.8, 4) is 22.6 Å². The van der Waals surface area contributed by atoms with Crippen LogP contribution in [0.1, 0.15) is 18.8 Å². The molecule has 0 fully saturated rings. The van der Waals surface area contributed by atoms with Crippen molar-refractivity contribution in [1.29, 1.82) is 0 Å². The summed E-state index contributed by atoms with van der Waals surface area (Å²) >= 11 is 6.36. The van der Waals surface area contributed by atoms with Gasteiger partial charge in [0.25, 0.3) is 5.56 Å². The molecule has 2 aromatic heterocycles. The first-order valence-electron chi connectivity index (χ1n) is 11.0. The van der Waals surface area contributed by atoms with Gasteiger partial charge in [-0.05, 0) is 48.9 Å². The van der Waals surface area contributed by atoms with Gasteiger partial charge in [0.15, 0.2) is 0 Å². The number of fused-ring (bicyclic) bond motifs is 1. The Morgan fingerprint density at radius 2 is 1.86 bits per heavy atom. The zero-order chi connectivity index (χ0) is 25.4. The van der Waals surface area contributed by atoms with Gasteiger partial charge in [0, 0.05) is 17.8 Å². The van der Waals surface area contributed by atoms with Crippen LogP contribution >= 0.6 is 11.6 Å². The monoisotopic (exact) mass is 502 g/mol. The number of para-hydroxylation sites is 1. The van der Waals surface area contributed by atoms with Crippen molar-refractivity contribution in [3.63, 3.8) is 0 Å². The Morgan fingerprint density at radius 1 is 1.08 bits per heavy atom. The number of aromatic hydroxyl groups is 1. The Balaban J connectivity index is 1.67. The number of nitrogens with zero attached hydrogens (tertiary/aromatic N) is 4. The quantitative estimate of drug-likeness (QED) is 0.306. The van der Waals surface area contributed by atoms with Crippen LogP contribution in [0.15, 0.2) is 77.7 Å². The number of aromatic nitrogens is 4. The summed E-state index contributed by atoms with van der Waals surface area (Å²) in [6, 6.07) is 17.2. The Kier molecular flexibility index (Phi) is 5.99. The van der Waals surface area contributed by atoms with Crippen LogP contribution in [-0.4, -0.2) is 24.6 Å². The molecule has 5 rings (SSSR count). The molecule has 0 spiro atoms. The van der Waals surface area contributed by atoms with Gasteiger partial charge in [0.05, 0.1) is 27.7 Å². The molecule has 0 aliphatic rings. The first-order valence-corrected chi connectivity index (χ1v) is 11.3. The minimum atomic E-state index is -0.619. The minimum Gasteiger partial charge on any atom is -0.508 e. The van der Waals surface area contributed by atoms with Crippen molar-refractivity contribution >= 4 is 34.3 Å². The lowest BCUT2D eigenvalue weighted by atomic mass is 10.1. The Labute approximate surface area is 209 Å². The zero-order valence-electron chi connectivity index (χ0n) is 19.0. The van der Waals surface area contributed by atoms with E-state index in [0.29, 0.717) is 38.6 Å². The van der Waals surface area contributed by atoms with Crippen LogP contribution in [0, 0.1) is 5.82 Å². The van der Waals surface area contributed by atoms with Gasteiger partial charge < -0.3 is 16.2 Å². The molecule has 8 nitrogen and oxygen atoms in total. The number of benzene rings is 3. The van der Waals surface area contributed by atoms with Gasteiger partial charge in [-0.15, -0.1) is 0 Å². The van der Waals surface area contributed by atoms with Crippen LogP contribution in [0.4, 0.5) is 16.2 Å². The molecule has 0 unspecified atom stereocenters. The number of anilines is 2. The maximum atomic E-state index is 14.0. The lowest BCUT2D eigenvalue weighted by Crippen LogP contribution is -2.27. The van der Waals surface area contributed by atoms with Crippen LogP contribution in [0.3, 0.4) is 0 Å². The number of phenolic OH excluding ortho intramolecular Hbond substituents is 1. The molecule has 1 atom stereocenters. The Bertz CT molecular complexity index is 1640. The summed E-state index contributed by atoms with van der Waals surface area (Å²) in [7, 11) is 0. The van der Waals surface area contributed by atoms with E-state index < -0.39 is 11.9 Å². The summed E-state index contributed by atoms with van der Waals surface area (Å²) in [5, 5.41) is 13.7. The average molecular weight is 503 g/mol. The van der Waals surface area contributed by atoms with Gasteiger partial charge >= 0.3 is 0 Å². The van der Waals surface area contributed by atoms with Gasteiger partial charge in [-0.25, -0.2) is 14.4 Å². The summed E-state index contributed by atoms with van der Waals surface area (Å²) in [5.74, 6) is -0.197. The van der Waals surface area contributed by atoms with E-state index in [2.05, 4.69) is 15.3 Å². The second kappa shape index (κ2) is 9.27. The number of nitrogens with one attached hydrogen (secondary N) is 1. The number of nitrogen functional groups attached to an aromatic ring is 1. The maximum Gasteiger partial charge on any atom is 0.267 e. The largest absolute Gasteiger partial charge is 0.508 e. The molecule has 0 aliphatic heterocycles. The van der Waals surface area contributed by atoms with E-state index >= 15 is 0 Å². The van der Waals surface area contributed by atoms with Crippen molar-refractivity contribution in [3.05, 3.63) is 99.9 Å². The maximum absolute atomic E-state index is 14.0. The molecule has 2 heterocycles. The highest BCUT2D eigenvalue weighted by molar-refractivity contribution is 6.35. The second-order valence-electron chi connectivity index (χ2n) is 8.13. The third-order valence-electron chi connectivity index (χ3n) is 5.63. The predicted molar refractivity (Wildman–Crippen MR) is 138 cm³/mol. The molecule has 0 bridgehead atoms. The van der Waals surface area contributed by atoms with Crippen LogP contribution in [0.5, 0.6) is 5.75 Å². The lowest BCUT2D eigenvalue weighted by molar-refractivity contribution is 0.469. The molecule has 3 aromatic carbocycles. The predicted octanol–water partition coefficient (Wildman–Crippen LogP) is 5.10. The number of hydrogen-bond donors (Lipinski definition) is 3. The van der Waals surface area contributed by atoms with Crippen LogP contribution in [0.25, 0.3) is 27.7 Å². The molecule has 4 N–H and O–H groups in total. The fourth-order valence-corrected chi connectivity index (χ4v) is 4.29. The van der Waals surface area contributed by atoms with Crippen LogP contribution in [-0.2, 0) is 0 Å². The topological polar surface area (TPSA) is 119 Å². The third-order valence-corrected chi connectivity index (χ3v) is 5.94. The molecule has 0 saturated carbocycles. The number of phenols is 1. The van der Waals surface area contributed by atoms with E-state index in [1.807, 2.05) is 25.1 Å². The molecule has 5 aromatic rings. The smallest absolute Gasteiger partial charge is 0.267 e. The standard InChI is InChI=1S/C26H20ClFN6O2/c1-14(31-23-19(13-30-26(29)33-23)15-10-16(28)12-18(35)11-15)24-32-21-9-5-8-20(27)22(21)25(36)34(24)17-6-3-2-4-7-17/h2-14,35H,1H3,(H3,29,30,31,33)/t14-/m0/s1. The minimum absolute atomic E-state index is 0.00669. The molecule has 0 radical (unpaired) electrons. The fraction of sp³-hybridized carbons (Fsp3) is 0.0769. The summed E-state index contributed by atoms with van der Waals surface area (Å²) in [4.78, 5) is 26.7. The summed E-state index contributed by atoms with van der Waals surface area (Å²) in [5.41, 5.74) is 7.33. The average Bonchev–Trinajstić information content (AvgIpc) is 2.84. The highest BCUT2D eigenvalue weighted by atomic mass is 35.5. The van der Waals surface area contributed by atoms with Crippen LogP contribution in [0.2, 0.25) is 5.02 Å². The highest BCUT2D eigenvalue weighted by Crippen LogP contribution is 2.32. The van der Waals surface area contributed by atoms with Gasteiger partial charge in [-0.1, -0.05) is 35.9 Å². The lowest BCUT2D eigenvalue weighted by Gasteiger charge is -2.21. The third kappa shape index (κ3) is 4.32. The summed E-state index contributed by atoms with van der Waals surface area (Å²) in [6.45, 7) is 1.81. The van der Waals surface area contributed by atoms with E-state index in [-0.39, 0.29) is 23.1 Å². The van der Waals surface area contributed by atoms with Crippen molar-refractivity contribution in [2.24, 2.45) is 0 Å². The molecule has 0 saturated heterocycles. The molecular weight excluding hydrogens is 483 g/mol. The number of hydrogen-bond acceptors (Lipinski definition) is 7. The molecule has 0 amide bonds. The number of halogens is 2. The van der Waals surface area contributed by atoms with E-state index in [4.69, 9.17) is 22.3 Å². The van der Waals surface area contributed by atoms with Gasteiger partial charge in [0.1, 0.15) is 23.2 Å². The van der Waals surface area contributed by atoms with E-state index in [1.54, 1.807) is 30.3 Å². The van der Waals surface area contributed by atoms with Gasteiger partial charge in [-0.2, -0.15) is 4.98 Å². The van der Waals surface area contributed by atoms with Crippen molar-refractivity contribution in [1.82, 2.24) is 19.5 Å². The van der Waals surface area contributed by atoms with E-state index in [0.717, 1.165) is 6.07 Å². The fourth-order valence-electron chi connectivity index (χ4n) is 4.04. The summed E-state index contributed by atoms with van der Waals surface area (Å²) < 4.78 is 15.5. The number of rotatable bonds is 5. The highest BCUT2D eigenvalue weighted by Gasteiger charge is 2.21.